The van der Waals surface area contributed by atoms with E-state index in [0.29, 0.717) is 0 Å². The molecule has 1 aromatic heterocycles. The molecule has 0 bridgehead atoms. The molecule has 0 unspecified atom stereocenters. The molecule has 16 nitrogen and oxygen atoms in total. The van der Waals surface area contributed by atoms with Gasteiger partial charge in [-0.1, -0.05) is 5.16 Å². The molecule has 2 saturated heterocycles. The van der Waals surface area contributed by atoms with Crippen LogP contribution in [-0.2, 0) is 34.3 Å². The molecule has 3 atom stereocenters. The van der Waals surface area contributed by atoms with Crippen molar-refractivity contribution in [2.75, 3.05) is 25.4 Å². The molecule has 0 radical (unpaired) electrons. The quantitative estimate of drug-likeness (QED) is 0.109. The van der Waals surface area contributed by atoms with Crippen molar-refractivity contribution in [3.8, 4) is 0 Å². The highest BCUT2D eigenvalue weighted by atomic mass is 32.2. The molecule has 0 saturated carbocycles. The number of Topliss-reactive ketones (excluding diaryl/α,β-unsaturated/α-hetero) is 1. The van der Waals surface area contributed by atoms with Crippen molar-refractivity contribution in [3.63, 3.8) is 0 Å². The third kappa shape index (κ3) is 5.55. The van der Waals surface area contributed by atoms with Crippen molar-refractivity contribution in [1.29, 1.82) is 0 Å². The number of aliphatic hydroxyl groups excluding tert-OH is 1. The Morgan fingerprint density at radius 1 is 1.39 bits per heavy atom. The summed E-state index contributed by atoms with van der Waals surface area (Å²) in [5.41, 5.74) is 3.25. The molecule has 3 rings (SSSR count). The highest BCUT2D eigenvalue weighted by Crippen LogP contribution is 2.34. The lowest BCUT2D eigenvalue weighted by atomic mass is 9.84. The predicted molar refractivity (Wildman–Crippen MR) is 120 cm³/mol. The first kappa shape index (κ1) is 27.2. The van der Waals surface area contributed by atoms with E-state index in [-0.39, 0.29) is 21.7 Å². The number of aliphatic hydroxyl groups is 1. The van der Waals surface area contributed by atoms with Crippen LogP contribution in [0.15, 0.2) is 10.5 Å². The number of carboxylic acids is 1. The monoisotopic (exact) mass is 549 g/mol. The summed E-state index contributed by atoms with van der Waals surface area (Å²) in [6, 6.07) is -1.33. The Morgan fingerprint density at radius 2 is 2.06 bits per heavy atom. The average Bonchev–Trinajstić information content (AvgIpc) is 3.35. The topological polar surface area (TPSA) is 239 Å². The number of nitrogens with zero attached hydrogens (tertiary/aromatic N) is 4. The maximum Gasteiger partial charge on any atom is 0.410 e. The minimum absolute atomic E-state index is 0.0594. The normalized spacial score (nSPS) is 22.9. The zero-order valence-electron chi connectivity index (χ0n) is 18.9. The number of aliphatic carboxylic acids is 1. The summed E-state index contributed by atoms with van der Waals surface area (Å²) in [5, 5.41) is 23.5. The number of hydrogen-bond acceptors (Lipinski definition) is 13. The van der Waals surface area contributed by atoms with Crippen LogP contribution in [0.5, 0.6) is 0 Å². The Labute approximate surface area is 208 Å². The lowest BCUT2D eigenvalue weighted by Crippen LogP contribution is -2.66. The van der Waals surface area contributed by atoms with Gasteiger partial charge in [0.05, 0.1) is 25.1 Å². The van der Waals surface area contributed by atoms with Gasteiger partial charge in [-0.25, -0.2) is 18.9 Å². The molecule has 0 spiro atoms. The van der Waals surface area contributed by atoms with Gasteiger partial charge in [-0.15, -0.1) is 11.3 Å². The number of amides is 2. The van der Waals surface area contributed by atoms with Crippen LogP contribution in [0.2, 0.25) is 0 Å². The summed E-state index contributed by atoms with van der Waals surface area (Å²) < 4.78 is 38.0. The van der Waals surface area contributed by atoms with Crippen molar-refractivity contribution < 1.29 is 51.9 Å². The molecular formula is C18H23N5O11S2. The van der Waals surface area contributed by atoms with E-state index in [9.17, 15) is 42.4 Å². The minimum Gasteiger partial charge on any atom is -0.478 e. The summed E-state index contributed by atoms with van der Waals surface area (Å²) >= 11 is 0.953. The number of rotatable bonds is 11. The highest BCUT2D eigenvalue weighted by Gasteiger charge is 2.55. The Hall–Kier alpha value is -3.35. The second-order valence-electron chi connectivity index (χ2n) is 8.42. The van der Waals surface area contributed by atoms with Gasteiger partial charge in [0, 0.05) is 18.3 Å². The standard InChI is InChI=1S/C18H23N5O11S2/c1-18(2,15(27)28)34-21-13(10-7-35-16(19)20-10)12(25)3-9-11(23(14(9)26)36(30,31)32)5-22-4-8(6-24)33-17(22)29/h7-9,11,24H,3-6H2,1-2H3,(H2,19,20)(H,27,28)(H,30,31,32)/b21-13-/t8-,9-,11+/m0/s1. The fraction of sp³-hybridized carbons (Fsp3) is 0.556. The largest absolute Gasteiger partial charge is 0.478 e. The van der Waals surface area contributed by atoms with E-state index >= 15 is 0 Å². The van der Waals surface area contributed by atoms with Gasteiger partial charge in [-0.2, -0.15) is 8.42 Å². The lowest BCUT2D eigenvalue weighted by Gasteiger charge is -2.45. The van der Waals surface area contributed by atoms with E-state index in [1.807, 2.05) is 0 Å². The third-order valence-electron chi connectivity index (χ3n) is 5.42. The molecule has 0 aliphatic carbocycles. The number of ether oxygens (including phenoxy) is 1. The van der Waals surface area contributed by atoms with Crippen molar-refractivity contribution in [2.45, 2.75) is 38.0 Å². The van der Waals surface area contributed by atoms with Crippen molar-refractivity contribution in [3.05, 3.63) is 11.1 Å². The van der Waals surface area contributed by atoms with Gasteiger partial charge < -0.3 is 30.4 Å². The lowest BCUT2D eigenvalue weighted by molar-refractivity contribution is -0.161. The van der Waals surface area contributed by atoms with Crippen LogP contribution in [0.25, 0.3) is 0 Å². The molecule has 36 heavy (non-hydrogen) atoms. The molecule has 2 amide bonds. The number of cyclic esters (lactones) is 1. The Morgan fingerprint density at radius 3 is 2.56 bits per heavy atom. The number of nitrogen functional groups attached to an aromatic ring is 1. The van der Waals surface area contributed by atoms with Gasteiger partial charge in [-0.3, -0.25) is 14.1 Å². The molecule has 1 aromatic rings. The number of oxime groups is 1. The van der Waals surface area contributed by atoms with E-state index in [1.165, 1.54) is 19.2 Å². The zero-order valence-corrected chi connectivity index (χ0v) is 20.6. The van der Waals surface area contributed by atoms with E-state index in [0.717, 1.165) is 16.2 Å². The van der Waals surface area contributed by atoms with Gasteiger partial charge in [0.15, 0.2) is 16.6 Å². The second-order valence-corrected chi connectivity index (χ2v) is 10.6. The van der Waals surface area contributed by atoms with Crippen LogP contribution < -0.4 is 5.73 Å². The summed E-state index contributed by atoms with van der Waals surface area (Å²) in [4.78, 5) is 59.0. The molecule has 3 heterocycles. The van der Waals surface area contributed by atoms with Gasteiger partial charge in [0.2, 0.25) is 11.5 Å². The van der Waals surface area contributed by atoms with Gasteiger partial charge in [0.1, 0.15) is 11.8 Å². The molecule has 18 heteroatoms. The van der Waals surface area contributed by atoms with E-state index in [2.05, 4.69) is 10.1 Å². The third-order valence-corrected chi connectivity index (χ3v) is 7.05. The molecule has 2 aliphatic rings. The Balaban J connectivity index is 1.86. The van der Waals surface area contributed by atoms with E-state index in [1.54, 1.807) is 0 Å². The van der Waals surface area contributed by atoms with E-state index < -0.39 is 83.0 Å². The summed E-state index contributed by atoms with van der Waals surface area (Å²) in [6.07, 6.45) is -2.39. The fourth-order valence-corrected chi connectivity index (χ4v) is 4.93. The number of anilines is 1. The maximum absolute atomic E-state index is 13.1. The molecule has 5 N–H and O–H groups in total. The first-order chi connectivity index (χ1) is 16.7. The van der Waals surface area contributed by atoms with Crippen LogP contribution in [0.4, 0.5) is 9.93 Å². The van der Waals surface area contributed by atoms with Crippen molar-refractivity contribution in [2.24, 2.45) is 11.1 Å². The number of nitrogens with two attached hydrogens (primary N) is 1. The Kier molecular flexibility index (Phi) is 7.53. The average molecular weight is 550 g/mol. The summed E-state index contributed by atoms with van der Waals surface area (Å²) in [6.45, 7) is 1.35. The van der Waals surface area contributed by atoms with Crippen molar-refractivity contribution in [1.82, 2.24) is 14.2 Å². The predicted octanol–water partition coefficient (Wildman–Crippen LogP) is -1.29. The first-order valence-corrected chi connectivity index (χ1v) is 12.5. The summed E-state index contributed by atoms with van der Waals surface area (Å²) in [5.74, 6) is -4.66. The first-order valence-electron chi connectivity index (χ1n) is 10.3. The van der Waals surface area contributed by atoms with Gasteiger partial charge in [-0.05, 0) is 13.8 Å². The van der Waals surface area contributed by atoms with Crippen molar-refractivity contribution >= 4 is 56.2 Å². The van der Waals surface area contributed by atoms with Crippen LogP contribution in [-0.4, -0.2) is 104 Å². The summed E-state index contributed by atoms with van der Waals surface area (Å²) in [7, 11) is -5.02. The number of thiazole rings is 1. The number of aromatic nitrogens is 1. The molecule has 2 aliphatic heterocycles. The number of carbonyl (C=O) groups is 4. The van der Waals surface area contributed by atoms with E-state index in [4.69, 9.17) is 15.3 Å². The van der Waals surface area contributed by atoms with Crippen LogP contribution in [0.3, 0.4) is 0 Å². The number of ketones is 1. The number of carboxylic acid groups (broad SMARTS) is 1. The number of β-lactam (4-membered cyclic amide) rings is 1. The second kappa shape index (κ2) is 9.96. The van der Waals surface area contributed by atoms with Gasteiger partial charge in [0.25, 0.3) is 0 Å². The fourth-order valence-electron chi connectivity index (χ4n) is 3.46. The molecular weight excluding hydrogens is 526 g/mol. The van der Waals surface area contributed by atoms with Crippen LogP contribution in [0.1, 0.15) is 26.0 Å². The molecule has 198 valence electrons. The maximum atomic E-state index is 13.1. The number of hydrogen-bond donors (Lipinski definition) is 4. The highest BCUT2D eigenvalue weighted by molar-refractivity contribution is 7.84. The molecule has 2 fully saturated rings. The minimum atomic E-state index is -5.02. The smallest absolute Gasteiger partial charge is 0.410 e. The molecule has 0 aromatic carbocycles. The SMILES string of the molecule is CC(C)(O/N=C(\C(=O)C[C@@H]1C(=O)N(S(=O)(=O)O)[C@@H]1CN1C[C@@H](CO)OC1=O)c1csc(N)n1)C(=O)O. The van der Waals surface area contributed by atoms with Gasteiger partial charge >= 0.3 is 22.4 Å². The van der Waals surface area contributed by atoms with Crippen LogP contribution in [0, 0.1) is 5.92 Å². The number of carbonyl (C=O) groups excluding carboxylic acids is 3. The Bertz CT molecular complexity index is 1210. The van der Waals surface area contributed by atoms with Crippen LogP contribution >= 0.6 is 11.3 Å². The zero-order chi connectivity index (χ0) is 27.0.